The quantitative estimate of drug-likeness (QED) is 0.861. The van der Waals surface area contributed by atoms with Gasteiger partial charge >= 0.3 is 0 Å². The van der Waals surface area contributed by atoms with Gasteiger partial charge in [-0.05, 0) is 41.0 Å². The van der Waals surface area contributed by atoms with Crippen molar-refractivity contribution >= 4 is 11.3 Å². The van der Waals surface area contributed by atoms with Crippen molar-refractivity contribution in [1.82, 2.24) is 10.3 Å². The number of aromatic nitrogens is 1. The van der Waals surface area contributed by atoms with Crippen molar-refractivity contribution in [2.75, 3.05) is 7.11 Å². The van der Waals surface area contributed by atoms with Crippen LogP contribution < -0.4 is 5.32 Å². The molecule has 1 N–H and O–H groups in total. The van der Waals surface area contributed by atoms with Gasteiger partial charge in [0.05, 0.1) is 5.69 Å². The Balaban J connectivity index is 2.95. The minimum Gasteiger partial charge on any atom is -0.372 e. The Kier molecular flexibility index (Phi) is 5.53. The molecule has 1 heterocycles. The van der Waals surface area contributed by atoms with E-state index >= 15 is 0 Å². The summed E-state index contributed by atoms with van der Waals surface area (Å²) >= 11 is 1.77. The molecule has 110 valence electrons. The molecule has 0 saturated carbocycles. The third kappa shape index (κ3) is 4.86. The van der Waals surface area contributed by atoms with Gasteiger partial charge < -0.3 is 10.1 Å². The molecule has 0 aliphatic heterocycles. The van der Waals surface area contributed by atoms with E-state index in [1.807, 2.05) is 0 Å². The zero-order valence-corrected chi connectivity index (χ0v) is 14.2. The first kappa shape index (κ1) is 16.6. The largest absolute Gasteiger partial charge is 0.372 e. The summed E-state index contributed by atoms with van der Waals surface area (Å²) in [4.78, 5) is 6.14. The summed E-state index contributed by atoms with van der Waals surface area (Å²) in [5.74, 6) is 0. The highest BCUT2D eigenvalue weighted by Gasteiger charge is 2.26. The average molecular weight is 284 g/mol. The first-order valence-electron chi connectivity index (χ1n) is 6.99. The summed E-state index contributed by atoms with van der Waals surface area (Å²) in [5, 5.41) is 4.62. The minimum absolute atomic E-state index is 0.129. The van der Waals surface area contributed by atoms with E-state index in [2.05, 4.69) is 46.9 Å². The topological polar surface area (TPSA) is 34.1 Å². The minimum atomic E-state index is -0.298. The van der Waals surface area contributed by atoms with E-state index in [9.17, 15) is 0 Å². The Hall–Kier alpha value is -0.450. The highest BCUT2D eigenvalue weighted by Crippen LogP contribution is 2.31. The molecule has 0 saturated heterocycles. The molecule has 0 atom stereocenters. The molecule has 1 aromatic rings. The number of nitrogens with one attached hydrogen (secondary N) is 1. The first-order valence-corrected chi connectivity index (χ1v) is 7.80. The summed E-state index contributed by atoms with van der Waals surface area (Å²) in [5.41, 5.74) is 1.06. The first-order chi connectivity index (χ1) is 8.69. The van der Waals surface area contributed by atoms with Crippen molar-refractivity contribution in [1.29, 1.82) is 0 Å². The van der Waals surface area contributed by atoms with Crippen LogP contribution in [0.2, 0.25) is 0 Å². The van der Waals surface area contributed by atoms with E-state index in [1.54, 1.807) is 18.4 Å². The standard InChI is InChI=1S/C15H28N2OS/c1-8-9-11-12(10-16-14(2,3)4)19-13(17-11)15(5,6)18-7/h16H,8-10H2,1-7H3. The summed E-state index contributed by atoms with van der Waals surface area (Å²) in [6.07, 6.45) is 2.16. The number of ether oxygens (including phenoxy) is 1. The SMILES string of the molecule is CCCc1nc(C(C)(C)OC)sc1CNC(C)(C)C. The van der Waals surface area contributed by atoms with Crippen LogP contribution in [0.1, 0.15) is 63.5 Å². The fourth-order valence-corrected chi connectivity index (χ4v) is 2.77. The van der Waals surface area contributed by atoms with E-state index in [-0.39, 0.29) is 11.1 Å². The molecule has 0 fully saturated rings. The molecule has 0 unspecified atom stereocenters. The van der Waals surface area contributed by atoms with E-state index < -0.39 is 0 Å². The van der Waals surface area contributed by atoms with Crippen molar-refractivity contribution < 1.29 is 4.74 Å². The molecule has 0 amide bonds. The molecular weight excluding hydrogens is 256 g/mol. The maximum atomic E-state index is 5.54. The van der Waals surface area contributed by atoms with E-state index in [0.717, 1.165) is 24.4 Å². The lowest BCUT2D eigenvalue weighted by molar-refractivity contribution is 0.0189. The third-order valence-corrected chi connectivity index (χ3v) is 4.47. The Morgan fingerprint density at radius 2 is 1.84 bits per heavy atom. The number of hydrogen-bond acceptors (Lipinski definition) is 4. The van der Waals surface area contributed by atoms with Gasteiger partial charge in [0.2, 0.25) is 0 Å². The van der Waals surface area contributed by atoms with Crippen LogP contribution in [-0.2, 0) is 23.3 Å². The van der Waals surface area contributed by atoms with Crippen molar-refractivity contribution in [2.45, 2.75) is 72.1 Å². The van der Waals surface area contributed by atoms with Crippen LogP contribution in [-0.4, -0.2) is 17.6 Å². The number of nitrogens with zero attached hydrogens (tertiary/aromatic N) is 1. The van der Waals surface area contributed by atoms with Gasteiger partial charge in [0.15, 0.2) is 0 Å². The van der Waals surface area contributed by atoms with Crippen LogP contribution in [0.15, 0.2) is 0 Å². The second-order valence-electron chi connectivity index (χ2n) is 6.46. The zero-order valence-electron chi connectivity index (χ0n) is 13.4. The molecule has 0 bridgehead atoms. The van der Waals surface area contributed by atoms with Crippen LogP contribution >= 0.6 is 11.3 Å². The number of hydrogen-bond donors (Lipinski definition) is 1. The van der Waals surface area contributed by atoms with Gasteiger partial charge in [0.1, 0.15) is 10.6 Å². The molecule has 19 heavy (non-hydrogen) atoms. The van der Waals surface area contributed by atoms with E-state index in [0.29, 0.717) is 0 Å². The summed E-state index contributed by atoms with van der Waals surface area (Å²) in [6, 6.07) is 0. The molecule has 0 radical (unpaired) electrons. The Labute approximate surface area is 121 Å². The average Bonchev–Trinajstić information content (AvgIpc) is 2.70. The van der Waals surface area contributed by atoms with Gasteiger partial charge in [0, 0.05) is 24.1 Å². The van der Waals surface area contributed by atoms with E-state index in [4.69, 9.17) is 9.72 Å². The van der Waals surface area contributed by atoms with Crippen LogP contribution in [0.5, 0.6) is 0 Å². The fourth-order valence-electron chi connectivity index (χ4n) is 1.64. The molecule has 0 aliphatic carbocycles. The molecule has 4 heteroatoms. The number of thiazole rings is 1. The normalized spacial score (nSPS) is 13.0. The Morgan fingerprint density at radius 3 is 2.32 bits per heavy atom. The molecule has 1 rings (SSSR count). The van der Waals surface area contributed by atoms with Gasteiger partial charge in [-0.25, -0.2) is 4.98 Å². The zero-order chi connectivity index (χ0) is 14.7. The number of aryl methyl sites for hydroxylation is 1. The lowest BCUT2D eigenvalue weighted by Gasteiger charge is -2.20. The second kappa shape index (κ2) is 6.33. The van der Waals surface area contributed by atoms with Crippen molar-refractivity contribution in [3.05, 3.63) is 15.6 Å². The van der Waals surface area contributed by atoms with Crippen molar-refractivity contribution in [2.24, 2.45) is 0 Å². The Bertz CT molecular complexity index is 405. The van der Waals surface area contributed by atoms with Gasteiger partial charge in [0.25, 0.3) is 0 Å². The predicted octanol–water partition coefficient (Wildman–Crippen LogP) is 3.87. The monoisotopic (exact) mass is 284 g/mol. The highest BCUT2D eigenvalue weighted by atomic mass is 32.1. The van der Waals surface area contributed by atoms with E-state index in [1.165, 1.54) is 10.6 Å². The molecule has 1 aromatic heterocycles. The van der Waals surface area contributed by atoms with Crippen LogP contribution in [0.25, 0.3) is 0 Å². The molecule has 0 aromatic carbocycles. The van der Waals surface area contributed by atoms with Crippen molar-refractivity contribution in [3.8, 4) is 0 Å². The Morgan fingerprint density at radius 1 is 1.21 bits per heavy atom. The van der Waals surface area contributed by atoms with Gasteiger partial charge in [-0.3, -0.25) is 0 Å². The smallest absolute Gasteiger partial charge is 0.125 e. The van der Waals surface area contributed by atoms with Crippen molar-refractivity contribution in [3.63, 3.8) is 0 Å². The maximum Gasteiger partial charge on any atom is 0.125 e. The van der Waals surface area contributed by atoms with Crippen LogP contribution in [0.3, 0.4) is 0 Å². The molecule has 0 spiro atoms. The third-order valence-electron chi connectivity index (χ3n) is 3.07. The fraction of sp³-hybridized carbons (Fsp3) is 0.800. The van der Waals surface area contributed by atoms with Gasteiger partial charge in [-0.1, -0.05) is 13.3 Å². The van der Waals surface area contributed by atoms with Crippen LogP contribution in [0, 0.1) is 0 Å². The maximum absolute atomic E-state index is 5.54. The second-order valence-corrected chi connectivity index (χ2v) is 7.54. The number of methoxy groups -OCH3 is 1. The van der Waals surface area contributed by atoms with Gasteiger partial charge in [-0.15, -0.1) is 11.3 Å². The van der Waals surface area contributed by atoms with Crippen LogP contribution in [0.4, 0.5) is 0 Å². The number of rotatable bonds is 6. The molecule has 3 nitrogen and oxygen atoms in total. The summed E-state index contributed by atoms with van der Waals surface area (Å²) in [6.45, 7) is 13.8. The molecule has 0 aliphatic rings. The lowest BCUT2D eigenvalue weighted by Crippen LogP contribution is -2.35. The lowest BCUT2D eigenvalue weighted by atomic mass is 10.1. The summed E-state index contributed by atoms with van der Waals surface area (Å²) < 4.78 is 5.54. The van der Waals surface area contributed by atoms with Gasteiger partial charge in [-0.2, -0.15) is 0 Å². The summed E-state index contributed by atoms with van der Waals surface area (Å²) in [7, 11) is 1.74. The molecular formula is C15H28N2OS. The predicted molar refractivity (Wildman–Crippen MR) is 82.7 cm³/mol. The highest BCUT2D eigenvalue weighted by molar-refractivity contribution is 7.11.